The van der Waals surface area contributed by atoms with Crippen molar-refractivity contribution < 1.29 is 0 Å². The van der Waals surface area contributed by atoms with E-state index in [1.54, 1.807) is 0 Å². The molecule has 4 nitrogen and oxygen atoms in total. The van der Waals surface area contributed by atoms with Crippen LogP contribution in [0.4, 0.5) is 68.2 Å². The average molecular weight is 925 g/mol. The van der Waals surface area contributed by atoms with E-state index in [1.165, 1.54) is 134 Å². The fourth-order valence-corrected chi connectivity index (χ4v) is 12.7. The Labute approximate surface area is 425 Å². The second-order valence-corrected chi connectivity index (χ2v) is 19.9. The van der Waals surface area contributed by atoms with E-state index < -0.39 is 0 Å². The Morgan fingerprint density at radius 1 is 0.222 bits per heavy atom. The van der Waals surface area contributed by atoms with Gasteiger partial charge in [0.05, 0.1) is 17.1 Å². The van der Waals surface area contributed by atoms with Crippen LogP contribution >= 0.6 is 0 Å². The standard InChI is InChI=1S/C34H29BN2.C32H25BN2/c1-22-12-9-13-23(2)33(22)36-28-18-7-5-16-26(28)35-27-17-6-8-19-29(27)37(31-21-11-20-30(36)32(31)35)34-24(3)14-10-15-25(34)4;1-22-12-10-13-23(2)32(22)35-28-19-9-7-17-26(28)33-25-16-6-8-18-27(25)34(24-14-4-3-5-15-24)29-20-11-21-30(35)31(29)33/h5-21H,1-4H3;3-21H,1-2H3. The molecule has 0 amide bonds. The molecular formula is C66H54B2N4. The molecule has 72 heavy (non-hydrogen) atoms. The van der Waals surface area contributed by atoms with Crippen LogP contribution in [0.15, 0.2) is 218 Å². The van der Waals surface area contributed by atoms with Crippen molar-refractivity contribution in [2.45, 2.75) is 41.5 Å². The molecule has 10 aromatic carbocycles. The van der Waals surface area contributed by atoms with Crippen molar-refractivity contribution in [1.29, 1.82) is 0 Å². The van der Waals surface area contributed by atoms with Gasteiger partial charge in [-0.15, -0.1) is 0 Å². The van der Waals surface area contributed by atoms with Gasteiger partial charge in [-0.1, -0.05) is 158 Å². The van der Waals surface area contributed by atoms with E-state index in [0.29, 0.717) is 0 Å². The number of aryl methyl sites for hydroxylation is 6. The average Bonchev–Trinajstić information content (AvgIpc) is 3.40. The summed E-state index contributed by atoms with van der Waals surface area (Å²) in [6.45, 7) is 13.7. The summed E-state index contributed by atoms with van der Waals surface area (Å²) in [6, 6.07) is 80.0. The summed E-state index contributed by atoms with van der Waals surface area (Å²) in [5.74, 6) is 0. The minimum absolute atomic E-state index is 0.180. The molecule has 0 radical (unpaired) electrons. The third-order valence-electron chi connectivity index (χ3n) is 15.6. The summed E-state index contributed by atoms with van der Waals surface area (Å²) in [5, 5.41) is 0. The van der Waals surface area contributed by atoms with Crippen LogP contribution in [-0.4, -0.2) is 13.4 Å². The van der Waals surface area contributed by atoms with Gasteiger partial charge in [-0.05, 0) is 168 Å². The van der Waals surface area contributed by atoms with Crippen molar-refractivity contribution in [3.8, 4) is 0 Å². The summed E-state index contributed by atoms with van der Waals surface area (Å²) in [6.07, 6.45) is 0. The molecule has 4 heterocycles. The van der Waals surface area contributed by atoms with Crippen LogP contribution in [0.3, 0.4) is 0 Å². The lowest BCUT2D eigenvalue weighted by molar-refractivity contribution is 1.20. The number of hydrogen-bond donors (Lipinski definition) is 0. The zero-order chi connectivity index (χ0) is 48.8. The van der Waals surface area contributed by atoms with Crippen LogP contribution in [0.25, 0.3) is 0 Å². The number of fused-ring (bicyclic) bond motifs is 8. The number of anilines is 12. The maximum absolute atomic E-state index is 2.51. The molecule has 344 valence electrons. The predicted molar refractivity (Wildman–Crippen MR) is 309 cm³/mol. The quantitative estimate of drug-likeness (QED) is 0.163. The summed E-state index contributed by atoms with van der Waals surface area (Å²) in [5.41, 5.74) is 31.0. The molecule has 0 saturated heterocycles. The molecule has 14 rings (SSSR count). The normalized spacial score (nSPS) is 13.2. The first-order valence-electron chi connectivity index (χ1n) is 25.4. The highest BCUT2D eigenvalue weighted by Gasteiger charge is 2.45. The smallest absolute Gasteiger partial charge is 0.252 e. The van der Waals surface area contributed by atoms with Gasteiger partial charge in [0.2, 0.25) is 0 Å². The minimum Gasteiger partial charge on any atom is -0.311 e. The second-order valence-electron chi connectivity index (χ2n) is 19.9. The summed E-state index contributed by atoms with van der Waals surface area (Å²) >= 11 is 0. The highest BCUT2D eigenvalue weighted by molar-refractivity contribution is 7.01. The lowest BCUT2D eigenvalue weighted by Gasteiger charge is -2.45. The van der Waals surface area contributed by atoms with Crippen molar-refractivity contribution in [3.63, 3.8) is 0 Å². The van der Waals surface area contributed by atoms with Crippen molar-refractivity contribution in [2.75, 3.05) is 19.6 Å². The van der Waals surface area contributed by atoms with Gasteiger partial charge in [0.25, 0.3) is 13.4 Å². The highest BCUT2D eigenvalue weighted by Crippen LogP contribution is 2.48. The largest absolute Gasteiger partial charge is 0.311 e. The lowest BCUT2D eigenvalue weighted by atomic mass is 9.33. The van der Waals surface area contributed by atoms with Crippen molar-refractivity contribution in [3.05, 3.63) is 252 Å². The van der Waals surface area contributed by atoms with Crippen LogP contribution in [0.5, 0.6) is 0 Å². The van der Waals surface area contributed by atoms with E-state index in [4.69, 9.17) is 0 Å². The van der Waals surface area contributed by atoms with E-state index >= 15 is 0 Å². The minimum atomic E-state index is 0.180. The predicted octanol–water partition coefficient (Wildman–Crippen LogP) is 13.4. The SMILES string of the molecule is Cc1cccc(C)c1N1c2ccccc2B2c3ccccc3N(c3c(C)cccc3C)c3cccc1c32.Cc1cccc(C)c1N1c2ccccc2B2c3ccccc3N(c3ccccc3)c3cccc1c32. The molecule has 0 spiro atoms. The lowest BCUT2D eigenvalue weighted by Crippen LogP contribution is -2.61. The Morgan fingerprint density at radius 2 is 0.458 bits per heavy atom. The van der Waals surface area contributed by atoms with Gasteiger partial charge in [-0.25, -0.2) is 0 Å². The monoisotopic (exact) mass is 924 g/mol. The molecule has 4 aliphatic heterocycles. The Balaban J connectivity index is 0.000000140. The third kappa shape index (κ3) is 6.55. The number of hydrogen-bond acceptors (Lipinski definition) is 4. The number of benzene rings is 10. The summed E-state index contributed by atoms with van der Waals surface area (Å²) in [7, 11) is 0. The van der Waals surface area contributed by atoms with Crippen molar-refractivity contribution in [2.24, 2.45) is 0 Å². The maximum atomic E-state index is 2.51. The van der Waals surface area contributed by atoms with Gasteiger partial charge in [0.1, 0.15) is 0 Å². The van der Waals surface area contributed by atoms with Gasteiger partial charge in [0.15, 0.2) is 0 Å². The molecular weight excluding hydrogens is 870 g/mol. The Kier molecular flexibility index (Phi) is 10.4. The molecule has 0 atom stereocenters. The van der Waals surface area contributed by atoms with Gasteiger partial charge in [0, 0.05) is 51.2 Å². The second kappa shape index (κ2) is 17.1. The molecule has 10 aromatic rings. The van der Waals surface area contributed by atoms with E-state index in [0.717, 1.165) is 0 Å². The fraction of sp³-hybridized carbons (Fsp3) is 0.0909. The first-order valence-corrected chi connectivity index (χ1v) is 25.4. The fourth-order valence-electron chi connectivity index (χ4n) is 12.7. The zero-order valence-corrected chi connectivity index (χ0v) is 41.7. The molecule has 0 aromatic heterocycles. The Morgan fingerprint density at radius 3 is 0.778 bits per heavy atom. The molecule has 0 saturated carbocycles. The van der Waals surface area contributed by atoms with E-state index in [9.17, 15) is 0 Å². The first kappa shape index (κ1) is 43.5. The molecule has 0 unspecified atom stereocenters. The maximum Gasteiger partial charge on any atom is 0.252 e. The van der Waals surface area contributed by atoms with Crippen LogP contribution in [0, 0.1) is 41.5 Å². The first-order chi connectivity index (χ1) is 35.3. The van der Waals surface area contributed by atoms with Crippen LogP contribution in [0.2, 0.25) is 0 Å². The van der Waals surface area contributed by atoms with Gasteiger partial charge in [-0.3, -0.25) is 0 Å². The number of para-hydroxylation sites is 8. The van der Waals surface area contributed by atoms with E-state index in [1.807, 2.05) is 0 Å². The van der Waals surface area contributed by atoms with Crippen LogP contribution in [0.1, 0.15) is 33.4 Å². The zero-order valence-electron chi connectivity index (χ0n) is 41.7. The number of nitrogens with zero attached hydrogens (tertiary/aromatic N) is 4. The molecule has 4 aliphatic rings. The van der Waals surface area contributed by atoms with Crippen molar-refractivity contribution in [1.82, 2.24) is 0 Å². The van der Waals surface area contributed by atoms with Crippen LogP contribution < -0.4 is 52.4 Å². The number of rotatable bonds is 4. The Hall–Kier alpha value is -8.47. The molecule has 0 bridgehead atoms. The highest BCUT2D eigenvalue weighted by atomic mass is 15.2. The van der Waals surface area contributed by atoms with Crippen LogP contribution in [-0.2, 0) is 0 Å². The summed E-state index contributed by atoms with van der Waals surface area (Å²) < 4.78 is 0. The Bertz CT molecular complexity index is 3610. The summed E-state index contributed by atoms with van der Waals surface area (Å²) in [4.78, 5) is 9.94. The van der Waals surface area contributed by atoms with E-state index in [2.05, 4.69) is 280 Å². The third-order valence-corrected chi connectivity index (χ3v) is 15.6. The molecule has 0 fully saturated rings. The molecule has 6 heteroatoms. The van der Waals surface area contributed by atoms with E-state index in [-0.39, 0.29) is 13.4 Å². The van der Waals surface area contributed by atoms with Gasteiger partial charge in [-0.2, -0.15) is 0 Å². The molecule has 0 N–H and O–H groups in total. The topological polar surface area (TPSA) is 13.0 Å². The van der Waals surface area contributed by atoms with Gasteiger partial charge < -0.3 is 19.6 Å². The van der Waals surface area contributed by atoms with Gasteiger partial charge >= 0.3 is 0 Å². The molecule has 0 aliphatic carbocycles. The van der Waals surface area contributed by atoms with Crippen molar-refractivity contribution >= 4 is 114 Å².